The highest BCUT2D eigenvalue weighted by molar-refractivity contribution is 5.97. The zero-order valence-corrected chi connectivity index (χ0v) is 16.7. The molecule has 0 fully saturated rings. The van der Waals surface area contributed by atoms with E-state index in [4.69, 9.17) is 15.2 Å². The fourth-order valence-electron chi connectivity index (χ4n) is 3.01. The van der Waals surface area contributed by atoms with E-state index in [1.807, 2.05) is 18.2 Å². The first-order valence-corrected chi connectivity index (χ1v) is 9.52. The van der Waals surface area contributed by atoms with E-state index in [-0.39, 0.29) is 17.4 Å². The summed E-state index contributed by atoms with van der Waals surface area (Å²) in [4.78, 5) is 36.9. The SMILES string of the molecule is CNC(=O)c1nc(-c2cncc(C(=O)NCc3ccc4c(c3)OCCO4)c2)cnc1N. The molecule has 2 aromatic heterocycles. The summed E-state index contributed by atoms with van der Waals surface area (Å²) in [7, 11) is 1.48. The third kappa shape index (κ3) is 4.37. The van der Waals surface area contributed by atoms with E-state index in [0.29, 0.717) is 48.1 Å². The number of amides is 2. The van der Waals surface area contributed by atoms with Crippen molar-refractivity contribution in [3.05, 3.63) is 59.7 Å². The molecule has 4 rings (SSSR count). The van der Waals surface area contributed by atoms with Crippen molar-refractivity contribution < 1.29 is 19.1 Å². The highest BCUT2D eigenvalue weighted by Gasteiger charge is 2.15. The van der Waals surface area contributed by atoms with Crippen LogP contribution in [0.4, 0.5) is 5.82 Å². The lowest BCUT2D eigenvalue weighted by Gasteiger charge is -2.19. The number of pyridine rings is 1. The van der Waals surface area contributed by atoms with Crippen LogP contribution >= 0.6 is 0 Å². The summed E-state index contributed by atoms with van der Waals surface area (Å²) in [6, 6.07) is 7.16. The number of hydrogen-bond acceptors (Lipinski definition) is 8. The number of anilines is 1. The summed E-state index contributed by atoms with van der Waals surface area (Å²) in [5.41, 5.74) is 7.86. The van der Waals surface area contributed by atoms with E-state index in [1.165, 1.54) is 25.6 Å². The molecule has 0 spiro atoms. The number of carbonyl (C=O) groups excluding carboxylic acids is 2. The van der Waals surface area contributed by atoms with Crippen LogP contribution in [0.3, 0.4) is 0 Å². The van der Waals surface area contributed by atoms with Crippen LogP contribution in [0.25, 0.3) is 11.3 Å². The Morgan fingerprint density at radius 2 is 1.87 bits per heavy atom. The number of fused-ring (bicyclic) bond motifs is 1. The number of benzene rings is 1. The molecule has 0 atom stereocenters. The molecule has 2 amide bonds. The Kier molecular flexibility index (Phi) is 5.61. The highest BCUT2D eigenvalue weighted by atomic mass is 16.6. The maximum Gasteiger partial charge on any atom is 0.273 e. The van der Waals surface area contributed by atoms with Crippen LogP contribution in [0, 0.1) is 0 Å². The molecule has 10 nitrogen and oxygen atoms in total. The Hall–Kier alpha value is -4.21. The Morgan fingerprint density at radius 1 is 1.06 bits per heavy atom. The maximum atomic E-state index is 12.6. The third-order valence-corrected chi connectivity index (χ3v) is 4.60. The second kappa shape index (κ2) is 8.66. The first-order chi connectivity index (χ1) is 15.0. The zero-order valence-electron chi connectivity index (χ0n) is 16.7. The van der Waals surface area contributed by atoms with Gasteiger partial charge in [-0.1, -0.05) is 6.07 Å². The summed E-state index contributed by atoms with van der Waals surface area (Å²) in [5.74, 6) is 0.617. The van der Waals surface area contributed by atoms with Gasteiger partial charge in [0, 0.05) is 31.5 Å². The molecular formula is C21H20N6O4. The molecule has 4 N–H and O–H groups in total. The molecule has 0 aliphatic carbocycles. The predicted molar refractivity (Wildman–Crippen MR) is 112 cm³/mol. The predicted octanol–water partition coefficient (Wildman–Crippen LogP) is 1.18. The van der Waals surface area contributed by atoms with Gasteiger partial charge in [-0.05, 0) is 23.8 Å². The second-order valence-electron chi connectivity index (χ2n) is 6.69. The van der Waals surface area contributed by atoms with Crippen LogP contribution in [-0.2, 0) is 6.54 Å². The smallest absolute Gasteiger partial charge is 0.273 e. The van der Waals surface area contributed by atoms with E-state index in [0.717, 1.165) is 5.56 Å². The molecule has 1 aromatic carbocycles. The fourth-order valence-corrected chi connectivity index (χ4v) is 3.01. The maximum absolute atomic E-state index is 12.6. The van der Waals surface area contributed by atoms with Crippen LogP contribution in [0.15, 0.2) is 42.9 Å². The van der Waals surface area contributed by atoms with Crippen molar-refractivity contribution in [3.63, 3.8) is 0 Å². The Bertz CT molecular complexity index is 1150. The number of aromatic nitrogens is 3. The molecule has 0 radical (unpaired) electrons. The van der Waals surface area contributed by atoms with E-state index < -0.39 is 5.91 Å². The number of nitrogens with one attached hydrogen (secondary N) is 2. The van der Waals surface area contributed by atoms with Crippen molar-refractivity contribution in [2.75, 3.05) is 26.0 Å². The number of carbonyl (C=O) groups is 2. The minimum Gasteiger partial charge on any atom is -0.486 e. The lowest BCUT2D eigenvalue weighted by molar-refractivity contribution is 0.0945. The van der Waals surface area contributed by atoms with Crippen LogP contribution in [0.2, 0.25) is 0 Å². The average Bonchev–Trinajstić information content (AvgIpc) is 2.82. The molecule has 3 aromatic rings. The molecule has 158 valence electrons. The van der Waals surface area contributed by atoms with Gasteiger partial charge in [0.2, 0.25) is 0 Å². The summed E-state index contributed by atoms with van der Waals surface area (Å²) in [6.07, 6.45) is 4.41. The third-order valence-electron chi connectivity index (χ3n) is 4.60. The molecule has 0 bridgehead atoms. The number of nitrogens with zero attached hydrogens (tertiary/aromatic N) is 3. The largest absolute Gasteiger partial charge is 0.486 e. The van der Waals surface area contributed by atoms with Gasteiger partial charge in [-0.25, -0.2) is 9.97 Å². The molecule has 3 heterocycles. The highest BCUT2D eigenvalue weighted by Crippen LogP contribution is 2.30. The number of ether oxygens (including phenoxy) is 2. The topological polar surface area (TPSA) is 141 Å². The minimum absolute atomic E-state index is 0.00784. The van der Waals surface area contributed by atoms with Crippen molar-refractivity contribution in [2.24, 2.45) is 0 Å². The van der Waals surface area contributed by atoms with Crippen LogP contribution in [0.5, 0.6) is 11.5 Å². The Morgan fingerprint density at radius 3 is 2.68 bits per heavy atom. The normalized spacial score (nSPS) is 12.2. The van der Waals surface area contributed by atoms with Crippen LogP contribution in [0.1, 0.15) is 26.4 Å². The summed E-state index contributed by atoms with van der Waals surface area (Å²) >= 11 is 0. The van der Waals surface area contributed by atoms with Gasteiger partial charge in [-0.2, -0.15) is 0 Å². The minimum atomic E-state index is -0.451. The van der Waals surface area contributed by atoms with E-state index in [1.54, 1.807) is 6.07 Å². The van der Waals surface area contributed by atoms with Gasteiger partial charge in [0.1, 0.15) is 13.2 Å². The van der Waals surface area contributed by atoms with Gasteiger partial charge >= 0.3 is 0 Å². The Balaban J connectivity index is 1.49. The van der Waals surface area contributed by atoms with Gasteiger partial charge in [0.05, 0.1) is 17.5 Å². The second-order valence-corrected chi connectivity index (χ2v) is 6.69. The van der Waals surface area contributed by atoms with Gasteiger partial charge < -0.3 is 25.8 Å². The molecule has 31 heavy (non-hydrogen) atoms. The van der Waals surface area contributed by atoms with E-state index in [9.17, 15) is 9.59 Å². The monoisotopic (exact) mass is 420 g/mol. The molecule has 1 aliphatic rings. The molecule has 1 aliphatic heterocycles. The van der Waals surface area contributed by atoms with E-state index >= 15 is 0 Å². The van der Waals surface area contributed by atoms with Crippen molar-refractivity contribution >= 4 is 17.6 Å². The number of nitrogens with two attached hydrogens (primary N) is 1. The molecule has 0 saturated carbocycles. The first-order valence-electron chi connectivity index (χ1n) is 9.52. The Labute approximate surface area is 177 Å². The quantitative estimate of drug-likeness (QED) is 0.559. The number of nitrogen functional groups attached to an aromatic ring is 1. The number of hydrogen-bond donors (Lipinski definition) is 3. The fraction of sp³-hybridized carbons (Fsp3) is 0.190. The van der Waals surface area contributed by atoms with Crippen molar-refractivity contribution in [1.29, 1.82) is 0 Å². The summed E-state index contributed by atoms with van der Waals surface area (Å²) < 4.78 is 11.1. The molecular weight excluding hydrogens is 400 g/mol. The van der Waals surface area contributed by atoms with Crippen molar-refractivity contribution in [2.45, 2.75) is 6.54 Å². The standard InChI is InChI=1S/C21H20N6O4/c1-23-21(29)18-19(22)25-11-15(27-18)13-7-14(10-24-9-13)20(28)26-8-12-2-3-16-17(6-12)31-5-4-30-16/h2-3,6-7,9-11H,4-5,8H2,1H3,(H2,22,25)(H,23,29)(H,26,28). The van der Waals surface area contributed by atoms with Crippen molar-refractivity contribution in [1.82, 2.24) is 25.6 Å². The van der Waals surface area contributed by atoms with Gasteiger partial charge in [0.15, 0.2) is 23.0 Å². The zero-order chi connectivity index (χ0) is 21.8. The van der Waals surface area contributed by atoms with Crippen LogP contribution in [-0.4, -0.2) is 47.0 Å². The molecule has 10 heteroatoms. The molecule has 0 unspecified atom stereocenters. The summed E-state index contributed by atoms with van der Waals surface area (Å²) in [6.45, 7) is 1.33. The average molecular weight is 420 g/mol. The van der Waals surface area contributed by atoms with Crippen molar-refractivity contribution in [3.8, 4) is 22.8 Å². The van der Waals surface area contributed by atoms with Gasteiger partial charge in [-0.3, -0.25) is 14.6 Å². The summed E-state index contributed by atoms with van der Waals surface area (Å²) in [5, 5.41) is 5.32. The lowest BCUT2D eigenvalue weighted by atomic mass is 10.1. The first kappa shape index (κ1) is 20.1. The van der Waals surface area contributed by atoms with Gasteiger partial charge in [-0.15, -0.1) is 0 Å². The molecule has 0 saturated heterocycles. The lowest BCUT2D eigenvalue weighted by Crippen LogP contribution is -2.23. The number of rotatable bonds is 5. The van der Waals surface area contributed by atoms with Gasteiger partial charge in [0.25, 0.3) is 11.8 Å². The van der Waals surface area contributed by atoms with E-state index in [2.05, 4.69) is 25.6 Å². The van der Waals surface area contributed by atoms with Crippen LogP contribution < -0.4 is 25.8 Å².